The van der Waals surface area contributed by atoms with E-state index >= 15 is 0 Å². The first-order chi connectivity index (χ1) is 14.8. The summed E-state index contributed by atoms with van der Waals surface area (Å²) in [5, 5.41) is 7.12. The van der Waals surface area contributed by atoms with Crippen LogP contribution in [-0.4, -0.2) is 26.8 Å². The van der Waals surface area contributed by atoms with Gasteiger partial charge in [0.1, 0.15) is 5.82 Å². The number of aliphatic carboxylic acids is 1. The first-order valence-electron chi connectivity index (χ1n) is 12.0. The summed E-state index contributed by atoms with van der Waals surface area (Å²) in [4.78, 5) is 13.3. The zero-order valence-electron chi connectivity index (χ0n) is 19.6. The van der Waals surface area contributed by atoms with Crippen LogP contribution < -0.4 is 0 Å². The minimum Gasteiger partial charge on any atom is -0.475 e. The Bertz CT molecular complexity index is 545. The molecule has 1 rings (SSSR count). The van der Waals surface area contributed by atoms with Gasteiger partial charge in [0.15, 0.2) is 0 Å². The lowest BCUT2D eigenvalue weighted by Gasteiger charge is -2.04. The van der Waals surface area contributed by atoms with E-state index in [1.165, 1.54) is 109 Å². The van der Waals surface area contributed by atoms with E-state index in [1.807, 2.05) is 12.4 Å². The minimum atomic E-state index is -5.08. The van der Waals surface area contributed by atoms with Gasteiger partial charge in [-0.25, -0.2) is 9.78 Å². The van der Waals surface area contributed by atoms with E-state index in [4.69, 9.17) is 9.90 Å². The van der Waals surface area contributed by atoms with Crippen molar-refractivity contribution in [3.05, 3.63) is 18.2 Å². The molecule has 1 heterocycles. The smallest absolute Gasteiger partial charge is 0.475 e. The number of hydrogen-bond donors (Lipinski definition) is 1. The third-order valence-electron chi connectivity index (χ3n) is 5.42. The van der Waals surface area contributed by atoms with Gasteiger partial charge in [-0.2, -0.15) is 13.2 Å². The number of carbonyl (C=O) groups is 1. The van der Waals surface area contributed by atoms with Crippen LogP contribution in [0.1, 0.15) is 115 Å². The van der Waals surface area contributed by atoms with Crippen LogP contribution in [-0.2, 0) is 18.3 Å². The fourth-order valence-corrected chi connectivity index (χ4v) is 3.47. The molecule has 1 aromatic rings. The molecule has 0 amide bonds. The van der Waals surface area contributed by atoms with Crippen LogP contribution in [0.4, 0.5) is 13.2 Å². The molecular formula is C24H43F3N2O2. The molecule has 1 aromatic heterocycles. The molecule has 0 aliphatic rings. The third-order valence-corrected chi connectivity index (χ3v) is 5.42. The Kier molecular flexibility index (Phi) is 18.2. The largest absolute Gasteiger partial charge is 0.490 e. The molecule has 31 heavy (non-hydrogen) atoms. The molecule has 1 N–H and O–H groups in total. The summed E-state index contributed by atoms with van der Waals surface area (Å²) in [5.74, 6) is -1.52. The van der Waals surface area contributed by atoms with E-state index in [1.54, 1.807) is 0 Å². The van der Waals surface area contributed by atoms with Crippen LogP contribution in [0.2, 0.25) is 0 Å². The van der Waals surface area contributed by atoms with E-state index in [2.05, 4.69) is 23.5 Å². The quantitative estimate of drug-likeness (QED) is 0.247. The van der Waals surface area contributed by atoms with E-state index < -0.39 is 12.1 Å². The van der Waals surface area contributed by atoms with Gasteiger partial charge in [0.05, 0.1) is 0 Å². The molecule has 4 nitrogen and oxygen atoms in total. The molecule has 0 spiro atoms. The second kappa shape index (κ2) is 19.2. The van der Waals surface area contributed by atoms with Gasteiger partial charge in [0.2, 0.25) is 0 Å². The highest BCUT2D eigenvalue weighted by Gasteiger charge is 2.38. The van der Waals surface area contributed by atoms with Crippen molar-refractivity contribution in [2.75, 3.05) is 0 Å². The van der Waals surface area contributed by atoms with Crippen LogP contribution in [0.5, 0.6) is 0 Å². The molecule has 0 aromatic carbocycles. The molecule has 7 heteroatoms. The Morgan fingerprint density at radius 2 is 1.19 bits per heavy atom. The van der Waals surface area contributed by atoms with Crippen LogP contribution >= 0.6 is 0 Å². The van der Waals surface area contributed by atoms with Crippen LogP contribution in [0.25, 0.3) is 0 Å². The number of imidazole rings is 1. The highest BCUT2D eigenvalue weighted by Crippen LogP contribution is 2.14. The zero-order valence-corrected chi connectivity index (χ0v) is 19.6. The molecule has 0 saturated carbocycles. The third kappa shape index (κ3) is 18.9. The van der Waals surface area contributed by atoms with E-state index in [9.17, 15) is 13.2 Å². The molecule has 0 atom stereocenters. The maximum atomic E-state index is 10.6. The zero-order chi connectivity index (χ0) is 23.4. The molecule has 0 aliphatic carbocycles. The number of aromatic nitrogens is 2. The molecule has 0 unspecified atom stereocenters. The van der Waals surface area contributed by atoms with Crippen molar-refractivity contribution in [3.8, 4) is 0 Å². The number of nitrogens with zero attached hydrogens (tertiary/aromatic N) is 2. The van der Waals surface area contributed by atoms with E-state index in [-0.39, 0.29) is 0 Å². The molecule has 182 valence electrons. The Labute approximate surface area is 186 Å². The molecule has 0 aliphatic heterocycles. The van der Waals surface area contributed by atoms with Crippen LogP contribution in [0.15, 0.2) is 12.4 Å². The maximum Gasteiger partial charge on any atom is 0.490 e. The van der Waals surface area contributed by atoms with Crippen molar-refractivity contribution in [2.24, 2.45) is 7.05 Å². The monoisotopic (exact) mass is 448 g/mol. The Morgan fingerprint density at radius 1 is 0.839 bits per heavy atom. The standard InChI is InChI=1S/C22H42N2.C2HF3O2/c1-3-4-5-6-7-8-9-10-11-12-13-14-15-16-17-18-19-22-23-20-21-24(22)2;3-2(4,5)1(6)7/h20-21H,3-19H2,1-2H3;(H,6,7). The predicted octanol–water partition coefficient (Wildman–Crippen LogP) is 7.86. The lowest BCUT2D eigenvalue weighted by atomic mass is 10.0. The van der Waals surface area contributed by atoms with Gasteiger partial charge in [-0.3, -0.25) is 0 Å². The topological polar surface area (TPSA) is 55.1 Å². The summed E-state index contributed by atoms with van der Waals surface area (Å²) in [6.07, 6.45) is 22.9. The lowest BCUT2D eigenvalue weighted by molar-refractivity contribution is -0.192. The van der Waals surface area contributed by atoms with Gasteiger partial charge in [-0.15, -0.1) is 0 Å². The summed E-state index contributed by atoms with van der Waals surface area (Å²) < 4.78 is 33.9. The average molecular weight is 449 g/mol. The number of halogens is 3. The van der Waals surface area contributed by atoms with Gasteiger partial charge in [-0.1, -0.05) is 103 Å². The first kappa shape index (κ1) is 29.5. The number of carboxylic acids is 1. The molecule has 0 fully saturated rings. The molecule has 0 radical (unpaired) electrons. The van der Waals surface area contributed by atoms with E-state index in [0.29, 0.717) is 0 Å². The Hall–Kier alpha value is -1.53. The Balaban J connectivity index is 0.00000110. The highest BCUT2D eigenvalue weighted by molar-refractivity contribution is 5.73. The summed E-state index contributed by atoms with van der Waals surface area (Å²) in [6, 6.07) is 0. The minimum absolute atomic E-state index is 1.14. The van der Waals surface area contributed by atoms with Crippen molar-refractivity contribution in [1.82, 2.24) is 9.55 Å². The second-order valence-corrected chi connectivity index (χ2v) is 8.31. The van der Waals surface area contributed by atoms with Crippen molar-refractivity contribution in [2.45, 2.75) is 122 Å². The van der Waals surface area contributed by atoms with Gasteiger partial charge < -0.3 is 9.67 Å². The predicted molar refractivity (Wildman–Crippen MR) is 120 cm³/mol. The number of alkyl halides is 3. The summed E-state index contributed by atoms with van der Waals surface area (Å²) in [5.41, 5.74) is 0. The number of unbranched alkanes of at least 4 members (excludes halogenated alkanes) is 15. The first-order valence-corrected chi connectivity index (χ1v) is 12.0. The summed E-state index contributed by atoms with van der Waals surface area (Å²) in [7, 11) is 2.09. The van der Waals surface area contributed by atoms with Crippen LogP contribution in [0, 0.1) is 0 Å². The fourth-order valence-electron chi connectivity index (χ4n) is 3.47. The number of carboxylic acid groups (broad SMARTS) is 1. The van der Waals surface area contributed by atoms with E-state index in [0.717, 1.165) is 6.42 Å². The van der Waals surface area contributed by atoms with Gasteiger partial charge in [0.25, 0.3) is 0 Å². The van der Waals surface area contributed by atoms with Gasteiger partial charge in [-0.05, 0) is 6.42 Å². The van der Waals surface area contributed by atoms with Gasteiger partial charge in [0, 0.05) is 25.9 Å². The number of aryl methyl sites for hydroxylation is 2. The van der Waals surface area contributed by atoms with Gasteiger partial charge >= 0.3 is 12.1 Å². The second-order valence-electron chi connectivity index (χ2n) is 8.31. The summed E-state index contributed by atoms with van der Waals surface area (Å²) in [6.45, 7) is 2.29. The normalized spacial score (nSPS) is 11.3. The van der Waals surface area contributed by atoms with Crippen LogP contribution in [0.3, 0.4) is 0 Å². The summed E-state index contributed by atoms with van der Waals surface area (Å²) >= 11 is 0. The van der Waals surface area contributed by atoms with Crippen molar-refractivity contribution in [3.63, 3.8) is 0 Å². The number of rotatable bonds is 17. The maximum absolute atomic E-state index is 10.6. The Morgan fingerprint density at radius 3 is 1.48 bits per heavy atom. The van der Waals surface area contributed by atoms with Crippen molar-refractivity contribution >= 4 is 5.97 Å². The molecule has 0 saturated heterocycles. The highest BCUT2D eigenvalue weighted by atomic mass is 19.4. The lowest BCUT2D eigenvalue weighted by Crippen LogP contribution is -2.21. The number of hydrogen-bond acceptors (Lipinski definition) is 2. The molecular weight excluding hydrogens is 405 g/mol. The van der Waals surface area contributed by atoms with Crippen molar-refractivity contribution < 1.29 is 23.1 Å². The SMILES string of the molecule is CCCCCCCCCCCCCCCCCCc1nccn1C.O=C(O)C(F)(F)F. The molecule has 0 bridgehead atoms. The average Bonchev–Trinajstić information content (AvgIpc) is 3.12. The fraction of sp³-hybridized carbons (Fsp3) is 0.833. The van der Waals surface area contributed by atoms with Crippen molar-refractivity contribution in [1.29, 1.82) is 0 Å².